The number of ether oxygens (including phenoxy) is 1. The number of nitrogens with one attached hydrogen (secondary N) is 1. The Morgan fingerprint density at radius 2 is 1.96 bits per heavy atom. The van der Waals surface area contributed by atoms with Crippen molar-refractivity contribution in [2.45, 2.75) is 19.4 Å². The van der Waals surface area contributed by atoms with Crippen LogP contribution in [0.25, 0.3) is 10.8 Å². The van der Waals surface area contributed by atoms with Crippen LogP contribution in [0.2, 0.25) is 0 Å². The number of carbonyl (C=O) groups is 1. The zero-order valence-electron chi connectivity index (χ0n) is 13.6. The van der Waals surface area contributed by atoms with Gasteiger partial charge < -0.3 is 10.1 Å². The number of rotatable bonds is 5. The molecule has 2 aromatic carbocycles. The summed E-state index contributed by atoms with van der Waals surface area (Å²) in [5.74, 6) is 1.03. The van der Waals surface area contributed by atoms with Crippen molar-refractivity contribution in [2.75, 3.05) is 18.6 Å². The first-order valence-corrected chi connectivity index (χ1v) is 9.81. The number of fused-ring (bicyclic) bond motifs is 1. The van der Waals surface area contributed by atoms with Gasteiger partial charge in [-0.05, 0) is 46.9 Å². The summed E-state index contributed by atoms with van der Waals surface area (Å²) in [6.45, 7) is 0.445. The largest absolute Gasteiger partial charge is 0.497 e. The first kappa shape index (κ1) is 16.8. The lowest BCUT2D eigenvalue weighted by atomic mass is 10.0. The van der Waals surface area contributed by atoms with Crippen LogP contribution in [0.4, 0.5) is 0 Å². The smallest absolute Gasteiger partial charge is 0.220 e. The van der Waals surface area contributed by atoms with Gasteiger partial charge in [0.05, 0.1) is 18.6 Å². The molecule has 5 nitrogen and oxygen atoms in total. The highest BCUT2D eigenvalue weighted by Crippen LogP contribution is 2.23. The average molecular weight is 347 g/mol. The lowest BCUT2D eigenvalue weighted by Gasteiger charge is -2.10. The molecule has 1 heterocycles. The summed E-state index contributed by atoms with van der Waals surface area (Å²) >= 11 is 0. The third kappa shape index (κ3) is 4.06. The molecule has 128 valence electrons. The van der Waals surface area contributed by atoms with Gasteiger partial charge in [-0.2, -0.15) is 0 Å². The van der Waals surface area contributed by atoms with E-state index >= 15 is 0 Å². The minimum Gasteiger partial charge on any atom is -0.497 e. The molecule has 1 N–H and O–H groups in total. The van der Waals surface area contributed by atoms with E-state index in [1.54, 1.807) is 7.11 Å². The van der Waals surface area contributed by atoms with Crippen molar-refractivity contribution in [2.24, 2.45) is 5.92 Å². The summed E-state index contributed by atoms with van der Waals surface area (Å²) in [6, 6.07) is 11.9. The van der Waals surface area contributed by atoms with Crippen molar-refractivity contribution in [3.8, 4) is 5.75 Å². The molecule has 2 aromatic rings. The molecule has 1 aliphatic heterocycles. The van der Waals surface area contributed by atoms with Gasteiger partial charge >= 0.3 is 0 Å². The van der Waals surface area contributed by atoms with E-state index in [1.165, 1.54) is 0 Å². The van der Waals surface area contributed by atoms with Crippen molar-refractivity contribution < 1.29 is 17.9 Å². The lowest BCUT2D eigenvalue weighted by Crippen LogP contribution is -2.25. The Morgan fingerprint density at radius 1 is 1.21 bits per heavy atom. The van der Waals surface area contributed by atoms with Gasteiger partial charge in [0, 0.05) is 13.0 Å². The van der Waals surface area contributed by atoms with Gasteiger partial charge in [0.15, 0.2) is 9.84 Å². The predicted octanol–water partition coefficient (Wildman–Crippen LogP) is 2.29. The third-order valence-corrected chi connectivity index (χ3v) is 6.24. The van der Waals surface area contributed by atoms with Crippen LogP contribution in [0.5, 0.6) is 5.75 Å². The van der Waals surface area contributed by atoms with Crippen LogP contribution in [0, 0.1) is 5.92 Å². The van der Waals surface area contributed by atoms with E-state index in [0.29, 0.717) is 13.0 Å². The minimum atomic E-state index is -2.93. The molecule has 1 amide bonds. The zero-order chi connectivity index (χ0) is 17.2. The Kier molecular flexibility index (Phi) is 4.76. The SMILES string of the molecule is COc1ccc2cc(CNC(=O)C[C@@H]3CCS(=O)(=O)C3)ccc2c1. The zero-order valence-corrected chi connectivity index (χ0v) is 14.4. The fraction of sp³-hybridized carbons (Fsp3) is 0.389. The molecule has 1 atom stereocenters. The second-order valence-electron chi connectivity index (χ2n) is 6.30. The van der Waals surface area contributed by atoms with Gasteiger partial charge in [-0.25, -0.2) is 8.42 Å². The molecule has 1 fully saturated rings. The number of hydrogen-bond acceptors (Lipinski definition) is 4. The van der Waals surface area contributed by atoms with Crippen molar-refractivity contribution in [1.29, 1.82) is 0 Å². The van der Waals surface area contributed by atoms with Crippen LogP contribution < -0.4 is 10.1 Å². The number of methoxy groups -OCH3 is 1. The highest BCUT2D eigenvalue weighted by molar-refractivity contribution is 7.91. The molecule has 0 spiro atoms. The maximum absolute atomic E-state index is 12.0. The maximum atomic E-state index is 12.0. The average Bonchev–Trinajstić information content (AvgIpc) is 2.90. The first-order chi connectivity index (χ1) is 11.4. The van der Waals surface area contributed by atoms with Gasteiger partial charge in [-0.3, -0.25) is 4.79 Å². The van der Waals surface area contributed by atoms with E-state index in [0.717, 1.165) is 22.1 Å². The summed E-state index contributed by atoms with van der Waals surface area (Å²) in [5.41, 5.74) is 1.01. The van der Waals surface area contributed by atoms with Crippen LogP contribution in [0.1, 0.15) is 18.4 Å². The Morgan fingerprint density at radius 3 is 2.67 bits per heavy atom. The quantitative estimate of drug-likeness (QED) is 0.901. The predicted molar refractivity (Wildman–Crippen MR) is 93.7 cm³/mol. The molecule has 6 heteroatoms. The molecule has 0 aliphatic carbocycles. The fourth-order valence-electron chi connectivity index (χ4n) is 3.08. The van der Waals surface area contributed by atoms with Crippen LogP contribution >= 0.6 is 0 Å². The Hall–Kier alpha value is -2.08. The van der Waals surface area contributed by atoms with Crippen molar-refractivity contribution >= 4 is 26.5 Å². The van der Waals surface area contributed by atoms with Gasteiger partial charge in [0.1, 0.15) is 5.75 Å². The molecule has 0 aromatic heterocycles. The van der Waals surface area contributed by atoms with Gasteiger partial charge in [-0.1, -0.05) is 18.2 Å². The summed E-state index contributed by atoms with van der Waals surface area (Å²) in [5, 5.41) is 5.05. The molecule has 24 heavy (non-hydrogen) atoms. The van der Waals surface area contributed by atoms with E-state index in [2.05, 4.69) is 5.32 Å². The fourth-order valence-corrected chi connectivity index (χ4v) is 4.94. The number of hydrogen-bond donors (Lipinski definition) is 1. The van der Waals surface area contributed by atoms with E-state index in [-0.39, 0.29) is 29.8 Å². The molecular weight excluding hydrogens is 326 g/mol. The Balaban J connectivity index is 1.58. The van der Waals surface area contributed by atoms with Crippen LogP contribution in [-0.4, -0.2) is 32.9 Å². The van der Waals surface area contributed by atoms with Crippen molar-refractivity contribution in [3.63, 3.8) is 0 Å². The molecule has 0 saturated carbocycles. The van der Waals surface area contributed by atoms with E-state index in [1.807, 2.05) is 36.4 Å². The third-order valence-electron chi connectivity index (χ3n) is 4.40. The molecule has 0 bridgehead atoms. The van der Waals surface area contributed by atoms with E-state index in [9.17, 15) is 13.2 Å². The van der Waals surface area contributed by atoms with Crippen LogP contribution in [-0.2, 0) is 21.2 Å². The molecule has 0 radical (unpaired) electrons. The van der Waals surface area contributed by atoms with Crippen molar-refractivity contribution in [3.05, 3.63) is 42.0 Å². The maximum Gasteiger partial charge on any atom is 0.220 e. The minimum absolute atomic E-state index is 0.0425. The second-order valence-corrected chi connectivity index (χ2v) is 8.53. The van der Waals surface area contributed by atoms with Gasteiger partial charge in [0.2, 0.25) is 5.91 Å². The van der Waals surface area contributed by atoms with Crippen LogP contribution in [0.3, 0.4) is 0 Å². The first-order valence-electron chi connectivity index (χ1n) is 7.99. The lowest BCUT2D eigenvalue weighted by molar-refractivity contribution is -0.122. The summed E-state index contributed by atoms with van der Waals surface area (Å²) < 4.78 is 28.1. The topological polar surface area (TPSA) is 72.5 Å². The molecule has 3 rings (SSSR count). The van der Waals surface area contributed by atoms with Gasteiger partial charge in [-0.15, -0.1) is 0 Å². The normalized spacial score (nSPS) is 19.3. The number of benzene rings is 2. The standard InChI is InChI=1S/C18H21NO4S/c1-23-17-5-4-15-8-13(2-3-16(15)10-17)11-19-18(20)9-14-6-7-24(21,22)12-14/h2-5,8,10,14H,6-7,9,11-12H2,1H3,(H,19,20)/t14-/m0/s1. The number of sulfone groups is 1. The summed E-state index contributed by atoms with van der Waals surface area (Å²) in [6.07, 6.45) is 0.873. The molecule has 1 saturated heterocycles. The Bertz CT molecular complexity index is 860. The highest BCUT2D eigenvalue weighted by Gasteiger charge is 2.29. The second kappa shape index (κ2) is 6.81. The molecule has 1 aliphatic rings. The highest BCUT2D eigenvalue weighted by atomic mass is 32.2. The monoisotopic (exact) mass is 347 g/mol. The van der Waals surface area contributed by atoms with E-state index in [4.69, 9.17) is 4.74 Å². The van der Waals surface area contributed by atoms with E-state index < -0.39 is 9.84 Å². The number of amides is 1. The summed E-state index contributed by atoms with van der Waals surface area (Å²) in [4.78, 5) is 12.0. The molecule has 0 unspecified atom stereocenters. The molecular formula is C18H21NO4S. The van der Waals surface area contributed by atoms with Gasteiger partial charge in [0.25, 0.3) is 0 Å². The van der Waals surface area contributed by atoms with Crippen LogP contribution in [0.15, 0.2) is 36.4 Å². The number of carbonyl (C=O) groups excluding carboxylic acids is 1. The Labute approximate surface area is 141 Å². The van der Waals surface area contributed by atoms with Crippen molar-refractivity contribution in [1.82, 2.24) is 5.32 Å². The summed E-state index contributed by atoms with van der Waals surface area (Å²) in [7, 11) is -1.29.